The van der Waals surface area contributed by atoms with Crippen molar-refractivity contribution in [3.8, 4) is 5.75 Å². The topological polar surface area (TPSA) is 104 Å². The van der Waals surface area contributed by atoms with Crippen LogP contribution in [0.1, 0.15) is 43.2 Å². The third-order valence-electron chi connectivity index (χ3n) is 6.96. The van der Waals surface area contributed by atoms with Crippen LogP contribution < -0.4 is 15.4 Å². The van der Waals surface area contributed by atoms with Gasteiger partial charge in [0.2, 0.25) is 0 Å². The van der Waals surface area contributed by atoms with Crippen LogP contribution in [0.25, 0.3) is 0 Å². The highest BCUT2D eigenvalue weighted by Gasteiger charge is 2.23. The minimum absolute atomic E-state index is 0.212. The number of carbonyl (C=O) groups excluding carboxylic acids is 2. The summed E-state index contributed by atoms with van der Waals surface area (Å²) < 4.78 is 5.29. The lowest BCUT2D eigenvalue weighted by Gasteiger charge is -2.25. The summed E-state index contributed by atoms with van der Waals surface area (Å²) in [4.78, 5) is 32.6. The van der Waals surface area contributed by atoms with Crippen LogP contribution in [0, 0.1) is 6.92 Å². The Bertz CT molecular complexity index is 1480. The summed E-state index contributed by atoms with van der Waals surface area (Å²) in [7, 11) is 3.34. The van der Waals surface area contributed by atoms with Crippen LogP contribution in [0.15, 0.2) is 97.1 Å². The number of pyridine rings is 1. The minimum atomic E-state index is -0.863. The van der Waals surface area contributed by atoms with Crippen LogP contribution in [-0.4, -0.2) is 59.7 Å². The molecule has 0 aliphatic rings. The monoisotopic (exact) mass is 566 g/mol. The molecule has 4 rings (SSSR count). The third-order valence-corrected chi connectivity index (χ3v) is 6.96. The standard InChI is InChI=1S/C34H38N4O4/c1-24-10-7-16-29(36-24)23-38(2)34(41)28-15-9-14-27(20-28)33(40)37-31(19-25-11-5-4-6-12-25)32(39)22-35-21-26-13-8-17-30(18-26)42-3/h4-18,20,31-32,35,39H,19,21-23H2,1-3H3,(H,37,40)/t31-,32+/m0/s1. The molecule has 3 aromatic carbocycles. The zero-order valence-corrected chi connectivity index (χ0v) is 24.3. The largest absolute Gasteiger partial charge is 0.497 e. The number of aromatic nitrogens is 1. The first kappa shape index (κ1) is 30.4. The number of nitrogens with zero attached hydrogens (tertiary/aromatic N) is 2. The fraction of sp³-hybridized carbons (Fsp3) is 0.265. The van der Waals surface area contributed by atoms with Crippen LogP contribution in [-0.2, 0) is 19.5 Å². The maximum absolute atomic E-state index is 13.4. The molecule has 2 atom stereocenters. The van der Waals surface area contributed by atoms with Crippen molar-refractivity contribution in [2.45, 2.75) is 38.6 Å². The molecule has 2 amide bonds. The normalized spacial score (nSPS) is 12.3. The number of aryl methyl sites for hydroxylation is 1. The molecular formula is C34H38N4O4. The van der Waals surface area contributed by atoms with Crippen molar-refractivity contribution in [2.75, 3.05) is 20.7 Å². The molecule has 42 heavy (non-hydrogen) atoms. The Balaban J connectivity index is 1.43. The molecule has 0 saturated carbocycles. The molecule has 0 unspecified atom stereocenters. The van der Waals surface area contributed by atoms with E-state index in [0.717, 1.165) is 28.3 Å². The quantitative estimate of drug-likeness (QED) is 0.225. The molecule has 8 nitrogen and oxygen atoms in total. The van der Waals surface area contributed by atoms with Gasteiger partial charge in [0.1, 0.15) is 5.75 Å². The summed E-state index contributed by atoms with van der Waals surface area (Å²) >= 11 is 0. The van der Waals surface area contributed by atoms with Gasteiger partial charge in [0.15, 0.2) is 0 Å². The first-order valence-electron chi connectivity index (χ1n) is 14.0. The average Bonchev–Trinajstić information content (AvgIpc) is 3.01. The van der Waals surface area contributed by atoms with Crippen molar-refractivity contribution in [2.24, 2.45) is 0 Å². The summed E-state index contributed by atoms with van der Waals surface area (Å²) in [6.07, 6.45) is -0.420. The zero-order valence-electron chi connectivity index (χ0n) is 24.3. The Morgan fingerprint density at radius 2 is 1.62 bits per heavy atom. The van der Waals surface area contributed by atoms with Crippen molar-refractivity contribution >= 4 is 11.8 Å². The van der Waals surface area contributed by atoms with Crippen LogP contribution in [0.2, 0.25) is 0 Å². The molecular weight excluding hydrogens is 528 g/mol. The Kier molecular flexibility index (Phi) is 10.8. The number of hydrogen-bond acceptors (Lipinski definition) is 6. The van der Waals surface area contributed by atoms with Gasteiger partial charge >= 0.3 is 0 Å². The Hall–Kier alpha value is -4.53. The number of benzene rings is 3. The van der Waals surface area contributed by atoms with E-state index in [9.17, 15) is 14.7 Å². The van der Waals surface area contributed by atoms with Gasteiger partial charge in [-0.25, -0.2) is 0 Å². The molecule has 218 valence electrons. The second-order valence-corrected chi connectivity index (χ2v) is 10.3. The number of nitrogens with one attached hydrogen (secondary N) is 2. The lowest BCUT2D eigenvalue weighted by atomic mass is 10.00. The molecule has 0 bridgehead atoms. The van der Waals surface area contributed by atoms with Gasteiger partial charge in [-0.15, -0.1) is 0 Å². The van der Waals surface area contributed by atoms with Crippen molar-refractivity contribution in [1.82, 2.24) is 20.5 Å². The van der Waals surface area contributed by atoms with E-state index in [2.05, 4.69) is 15.6 Å². The smallest absolute Gasteiger partial charge is 0.253 e. The number of hydrogen-bond donors (Lipinski definition) is 3. The summed E-state index contributed by atoms with van der Waals surface area (Å²) in [5.74, 6) is 0.193. The lowest BCUT2D eigenvalue weighted by Crippen LogP contribution is -2.48. The lowest BCUT2D eigenvalue weighted by molar-refractivity contribution is 0.0783. The second-order valence-electron chi connectivity index (χ2n) is 10.3. The van der Waals surface area contributed by atoms with Gasteiger partial charge < -0.3 is 25.4 Å². The van der Waals surface area contributed by atoms with Gasteiger partial charge in [-0.1, -0.05) is 54.6 Å². The summed E-state index contributed by atoms with van der Waals surface area (Å²) in [5, 5.41) is 17.4. The van der Waals surface area contributed by atoms with Crippen LogP contribution in [0.5, 0.6) is 5.75 Å². The van der Waals surface area contributed by atoms with Gasteiger partial charge in [-0.3, -0.25) is 14.6 Å². The molecule has 0 fully saturated rings. The fourth-order valence-corrected chi connectivity index (χ4v) is 4.71. The maximum atomic E-state index is 13.4. The van der Waals surface area contributed by atoms with Gasteiger partial charge in [-0.2, -0.15) is 0 Å². The summed E-state index contributed by atoms with van der Waals surface area (Å²) in [5.41, 5.74) is 4.43. The van der Waals surface area contributed by atoms with Gasteiger partial charge in [-0.05, 0) is 66.9 Å². The van der Waals surface area contributed by atoms with Crippen molar-refractivity contribution in [1.29, 1.82) is 0 Å². The van der Waals surface area contributed by atoms with E-state index < -0.39 is 12.1 Å². The van der Waals surface area contributed by atoms with Gasteiger partial charge in [0.05, 0.1) is 31.5 Å². The highest BCUT2D eigenvalue weighted by Crippen LogP contribution is 2.14. The first-order valence-corrected chi connectivity index (χ1v) is 14.0. The number of carbonyl (C=O) groups is 2. The Morgan fingerprint density at radius 1 is 0.905 bits per heavy atom. The van der Waals surface area contributed by atoms with E-state index in [-0.39, 0.29) is 18.4 Å². The molecule has 0 aliphatic heterocycles. The van der Waals surface area contributed by atoms with Crippen molar-refractivity contribution in [3.05, 3.63) is 131 Å². The summed E-state index contributed by atoms with van der Waals surface area (Å²) in [6, 6.07) is 29.2. The second kappa shape index (κ2) is 14.9. The van der Waals surface area contributed by atoms with Crippen LogP contribution in [0.3, 0.4) is 0 Å². The van der Waals surface area contributed by atoms with Crippen LogP contribution in [0.4, 0.5) is 0 Å². The van der Waals surface area contributed by atoms with E-state index in [4.69, 9.17) is 4.74 Å². The van der Waals surface area contributed by atoms with E-state index in [0.29, 0.717) is 30.6 Å². The van der Waals surface area contributed by atoms with E-state index >= 15 is 0 Å². The number of aliphatic hydroxyl groups is 1. The van der Waals surface area contributed by atoms with Gasteiger partial charge in [0.25, 0.3) is 11.8 Å². The molecule has 0 saturated heterocycles. The SMILES string of the molecule is COc1cccc(CNC[C@@H](O)[C@H](Cc2ccccc2)NC(=O)c2cccc(C(=O)N(C)Cc3cccc(C)n3)c2)c1. The molecule has 1 aromatic heterocycles. The molecule has 0 radical (unpaired) electrons. The molecule has 4 aromatic rings. The third kappa shape index (κ3) is 8.73. The minimum Gasteiger partial charge on any atom is -0.497 e. The predicted molar refractivity (Wildman–Crippen MR) is 163 cm³/mol. The highest BCUT2D eigenvalue weighted by atomic mass is 16.5. The average molecular weight is 567 g/mol. The van der Waals surface area contributed by atoms with E-state index in [1.54, 1.807) is 43.3 Å². The molecule has 0 aliphatic carbocycles. The number of amides is 2. The number of methoxy groups -OCH3 is 1. The molecule has 3 N–H and O–H groups in total. The van der Waals surface area contributed by atoms with Crippen LogP contribution >= 0.6 is 0 Å². The van der Waals surface area contributed by atoms with Crippen molar-refractivity contribution < 1.29 is 19.4 Å². The fourth-order valence-electron chi connectivity index (χ4n) is 4.71. The number of rotatable bonds is 13. The number of aliphatic hydroxyl groups excluding tert-OH is 1. The Labute approximate surface area is 247 Å². The Morgan fingerprint density at radius 3 is 2.38 bits per heavy atom. The predicted octanol–water partition coefficient (Wildman–Crippen LogP) is 4.16. The van der Waals surface area contributed by atoms with Gasteiger partial charge in [0, 0.05) is 37.0 Å². The van der Waals surface area contributed by atoms with E-state index in [1.165, 1.54) is 0 Å². The maximum Gasteiger partial charge on any atom is 0.253 e. The molecule has 8 heteroatoms. The molecule has 0 spiro atoms. The molecule has 1 heterocycles. The van der Waals surface area contributed by atoms with E-state index in [1.807, 2.05) is 79.7 Å². The highest BCUT2D eigenvalue weighted by molar-refractivity contribution is 5.99. The first-order chi connectivity index (χ1) is 20.3. The number of ether oxygens (including phenoxy) is 1. The summed E-state index contributed by atoms with van der Waals surface area (Å²) in [6.45, 7) is 3.07. The zero-order chi connectivity index (χ0) is 29.9. The van der Waals surface area contributed by atoms with Crippen molar-refractivity contribution in [3.63, 3.8) is 0 Å².